The molecule has 0 heterocycles. The predicted octanol–water partition coefficient (Wildman–Crippen LogP) is 1.27. The summed E-state index contributed by atoms with van der Waals surface area (Å²) < 4.78 is 4.48. The molecule has 0 spiro atoms. The summed E-state index contributed by atoms with van der Waals surface area (Å²) >= 11 is 0. The molecule has 0 saturated carbocycles. The largest absolute Gasteiger partial charge is 0.467 e. The third-order valence-electron chi connectivity index (χ3n) is 1.14. The van der Waals surface area contributed by atoms with E-state index in [2.05, 4.69) is 10.8 Å². The van der Waals surface area contributed by atoms with Crippen LogP contribution >= 0.6 is 0 Å². The third kappa shape index (κ3) is 2.81. The van der Waals surface area contributed by atoms with E-state index in [1.807, 2.05) is 0 Å². The summed E-state index contributed by atoms with van der Waals surface area (Å²) in [5.74, 6) is -0.311. The zero-order chi connectivity index (χ0) is 7.40. The van der Waals surface area contributed by atoms with Gasteiger partial charge in [0, 0.05) is 19.5 Å². The van der Waals surface area contributed by atoms with Crippen LogP contribution < -0.4 is 0 Å². The van der Waals surface area contributed by atoms with Crippen molar-refractivity contribution in [3.05, 3.63) is 35.9 Å². The summed E-state index contributed by atoms with van der Waals surface area (Å²) in [6.45, 7) is 0. The van der Waals surface area contributed by atoms with Crippen LogP contribution in [0.4, 0.5) is 0 Å². The van der Waals surface area contributed by atoms with E-state index in [0.717, 1.165) is 0 Å². The molecule has 1 aromatic carbocycles. The SMILES string of the molecule is COC(=O)c1cc[c-]cc1.[Zn]. The van der Waals surface area contributed by atoms with Crippen molar-refractivity contribution in [1.29, 1.82) is 0 Å². The maximum atomic E-state index is 10.8. The van der Waals surface area contributed by atoms with Crippen molar-refractivity contribution in [2.75, 3.05) is 7.11 Å². The Balaban J connectivity index is 0.000001000. The van der Waals surface area contributed by atoms with Gasteiger partial charge in [-0.25, -0.2) is 4.79 Å². The smallest absolute Gasteiger partial charge is 0.313 e. The fourth-order valence-corrected chi connectivity index (χ4v) is 0.641. The molecule has 0 aromatic heterocycles. The molecule has 11 heavy (non-hydrogen) atoms. The number of rotatable bonds is 1. The van der Waals surface area contributed by atoms with E-state index < -0.39 is 0 Å². The molecule has 54 valence electrons. The van der Waals surface area contributed by atoms with Crippen molar-refractivity contribution < 1.29 is 29.0 Å². The van der Waals surface area contributed by atoms with E-state index in [0.29, 0.717) is 5.56 Å². The number of hydrogen-bond donors (Lipinski definition) is 0. The molecule has 1 aromatic rings. The van der Waals surface area contributed by atoms with Gasteiger partial charge >= 0.3 is 5.97 Å². The number of hydrogen-bond acceptors (Lipinski definition) is 2. The molecule has 0 bridgehead atoms. The second-order valence-electron chi connectivity index (χ2n) is 1.78. The van der Waals surface area contributed by atoms with Crippen LogP contribution in [0.3, 0.4) is 0 Å². The minimum atomic E-state index is -0.311. The molecule has 0 aliphatic heterocycles. The van der Waals surface area contributed by atoms with Gasteiger partial charge in [-0.2, -0.15) is 30.3 Å². The van der Waals surface area contributed by atoms with Gasteiger partial charge in [0.25, 0.3) is 0 Å². The number of carbonyl (C=O) groups is 1. The predicted molar refractivity (Wildman–Crippen MR) is 36.6 cm³/mol. The Kier molecular flexibility index (Phi) is 4.72. The summed E-state index contributed by atoms with van der Waals surface area (Å²) in [6.07, 6.45) is 0. The third-order valence-corrected chi connectivity index (χ3v) is 1.14. The number of ether oxygens (including phenoxy) is 1. The Hall–Kier alpha value is -0.687. The zero-order valence-corrected chi connectivity index (χ0v) is 9.30. The van der Waals surface area contributed by atoms with Crippen LogP contribution in [0.5, 0.6) is 0 Å². The topological polar surface area (TPSA) is 26.3 Å². The normalized spacial score (nSPS) is 8.09. The minimum Gasteiger partial charge on any atom is -0.467 e. The summed E-state index contributed by atoms with van der Waals surface area (Å²) in [4.78, 5) is 10.8. The Morgan fingerprint density at radius 2 is 2.00 bits per heavy atom. The first-order valence-electron chi connectivity index (χ1n) is 2.89. The molecule has 0 aliphatic rings. The first-order valence-corrected chi connectivity index (χ1v) is 2.89. The van der Waals surface area contributed by atoms with E-state index in [1.54, 1.807) is 24.3 Å². The summed E-state index contributed by atoms with van der Waals surface area (Å²) in [5.41, 5.74) is 0.557. The van der Waals surface area contributed by atoms with Gasteiger partial charge in [-0.05, 0) is 5.56 Å². The van der Waals surface area contributed by atoms with Gasteiger partial charge in [0.2, 0.25) is 0 Å². The molecule has 0 N–H and O–H groups in total. The summed E-state index contributed by atoms with van der Waals surface area (Å²) in [5, 5.41) is 0. The number of carbonyl (C=O) groups excluding carboxylic acids is 1. The molecule has 0 amide bonds. The van der Waals surface area contributed by atoms with E-state index in [1.165, 1.54) is 7.11 Å². The first kappa shape index (κ1) is 10.3. The summed E-state index contributed by atoms with van der Waals surface area (Å²) in [7, 11) is 1.36. The molecule has 3 heteroatoms. The molecule has 0 atom stereocenters. The van der Waals surface area contributed by atoms with Gasteiger partial charge < -0.3 is 4.74 Å². The first-order chi connectivity index (χ1) is 4.84. The van der Waals surface area contributed by atoms with E-state index in [-0.39, 0.29) is 25.4 Å². The second kappa shape index (κ2) is 5.03. The number of methoxy groups -OCH3 is 1. The maximum absolute atomic E-state index is 10.8. The van der Waals surface area contributed by atoms with Gasteiger partial charge in [-0.3, -0.25) is 0 Å². The Morgan fingerprint density at radius 1 is 1.45 bits per heavy atom. The Bertz CT molecular complexity index is 221. The van der Waals surface area contributed by atoms with Crippen molar-refractivity contribution >= 4 is 5.97 Å². The van der Waals surface area contributed by atoms with Gasteiger partial charge in [-0.15, -0.1) is 0 Å². The molecular weight excluding hydrogens is 193 g/mol. The maximum Gasteiger partial charge on any atom is 0.313 e. The van der Waals surface area contributed by atoms with Crippen LogP contribution in [0.2, 0.25) is 0 Å². The molecule has 0 unspecified atom stereocenters. The fourth-order valence-electron chi connectivity index (χ4n) is 0.641. The second-order valence-corrected chi connectivity index (χ2v) is 1.78. The minimum absolute atomic E-state index is 0. The average molecular weight is 201 g/mol. The van der Waals surface area contributed by atoms with Crippen LogP contribution in [0.15, 0.2) is 24.3 Å². The standard InChI is InChI=1S/C8H7O2.Zn/c1-10-8(9)7-5-3-2-4-6-7;/h3-6H,1H3;/q-1;. The van der Waals surface area contributed by atoms with Crippen molar-refractivity contribution in [2.45, 2.75) is 0 Å². The fraction of sp³-hybridized carbons (Fsp3) is 0.125. The van der Waals surface area contributed by atoms with Crippen molar-refractivity contribution in [2.24, 2.45) is 0 Å². The zero-order valence-electron chi connectivity index (χ0n) is 6.33. The van der Waals surface area contributed by atoms with Gasteiger partial charge in [0.05, 0.1) is 7.11 Å². The van der Waals surface area contributed by atoms with Gasteiger partial charge in [-0.1, -0.05) is 0 Å². The van der Waals surface area contributed by atoms with Crippen LogP contribution in [0.1, 0.15) is 10.4 Å². The molecular formula is C8H7O2Zn-. The molecule has 0 saturated heterocycles. The van der Waals surface area contributed by atoms with Crippen molar-refractivity contribution in [1.82, 2.24) is 0 Å². The Labute approximate surface area is 78.3 Å². The van der Waals surface area contributed by atoms with E-state index in [9.17, 15) is 4.79 Å². The summed E-state index contributed by atoms with van der Waals surface area (Å²) in [6, 6.07) is 9.47. The van der Waals surface area contributed by atoms with E-state index >= 15 is 0 Å². The number of benzene rings is 1. The number of esters is 1. The van der Waals surface area contributed by atoms with Gasteiger partial charge in [0.1, 0.15) is 0 Å². The van der Waals surface area contributed by atoms with Crippen LogP contribution in [0, 0.1) is 6.07 Å². The molecule has 2 nitrogen and oxygen atoms in total. The Morgan fingerprint density at radius 3 is 2.45 bits per heavy atom. The molecule has 1 rings (SSSR count). The quantitative estimate of drug-likeness (QED) is 0.388. The average Bonchev–Trinajstić information content (AvgIpc) is 2.05. The van der Waals surface area contributed by atoms with Crippen molar-refractivity contribution in [3.63, 3.8) is 0 Å². The van der Waals surface area contributed by atoms with Crippen LogP contribution in [-0.2, 0) is 24.2 Å². The van der Waals surface area contributed by atoms with Crippen molar-refractivity contribution in [3.8, 4) is 0 Å². The van der Waals surface area contributed by atoms with Crippen LogP contribution in [-0.4, -0.2) is 13.1 Å². The van der Waals surface area contributed by atoms with E-state index in [4.69, 9.17) is 0 Å². The molecule has 0 radical (unpaired) electrons. The van der Waals surface area contributed by atoms with Gasteiger partial charge in [0.15, 0.2) is 0 Å². The molecule has 0 aliphatic carbocycles. The molecule has 0 fully saturated rings. The van der Waals surface area contributed by atoms with Crippen LogP contribution in [0.25, 0.3) is 0 Å². The monoisotopic (exact) mass is 199 g/mol.